The van der Waals surface area contributed by atoms with Crippen molar-refractivity contribution >= 4 is 33.2 Å². The molecular weight excluding hydrogens is 379 g/mol. The highest BCUT2D eigenvalue weighted by Crippen LogP contribution is 2.25. The Hall–Kier alpha value is -1.96. The van der Waals surface area contributed by atoms with E-state index in [1.54, 1.807) is 33.8 Å². The molecule has 0 saturated carbocycles. The van der Waals surface area contributed by atoms with E-state index in [-0.39, 0.29) is 21.2 Å². The van der Waals surface area contributed by atoms with Gasteiger partial charge in [0, 0.05) is 11.1 Å². The lowest BCUT2D eigenvalue weighted by atomic mass is 10.1. The van der Waals surface area contributed by atoms with Gasteiger partial charge >= 0.3 is 0 Å². The van der Waals surface area contributed by atoms with Gasteiger partial charge in [0.2, 0.25) is 10.0 Å². The van der Waals surface area contributed by atoms with Crippen molar-refractivity contribution in [2.75, 3.05) is 5.32 Å². The van der Waals surface area contributed by atoms with Gasteiger partial charge in [-0.1, -0.05) is 17.7 Å². The molecule has 0 bridgehead atoms. The first-order chi connectivity index (χ1) is 11.9. The Bertz CT molecular complexity index is 953. The van der Waals surface area contributed by atoms with Crippen LogP contribution in [0.2, 0.25) is 5.02 Å². The second-order valence-corrected chi connectivity index (χ2v) is 9.00. The molecule has 1 amide bonds. The van der Waals surface area contributed by atoms with Crippen LogP contribution in [0.5, 0.6) is 0 Å². The zero-order valence-electron chi connectivity index (χ0n) is 14.9. The summed E-state index contributed by atoms with van der Waals surface area (Å²) in [6, 6.07) is 8.18. The number of rotatable bonds is 4. The number of hydrogen-bond donors (Lipinski definition) is 2. The predicted octanol–water partition coefficient (Wildman–Crippen LogP) is 4.12. The number of sulfonamides is 1. The van der Waals surface area contributed by atoms with Gasteiger partial charge < -0.3 is 5.32 Å². The number of amides is 1. The fourth-order valence-corrected chi connectivity index (χ4v) is 4.18. The van der Waals surface area contributed by atoms with Gasteiger partial charge in [-0.05, 0) is 63.6 Å². The van der Waals surface area contributed by atoms with E-state index in [1.165, 1.54) is 30.3 Å². The van der Waals surface area contributed by atoms with E-state index in [2.05, 4.69) is 10.0 Å². The molecule has 0 saturated heterocycles. The summed E-state index contributed by atoms with van der Waals surface area (Å²) in [6.45, 7) is 6.83. The summed E-state index contributed by atoms with van der Waals surface area (Å²) in [6.07, 6.45) is 0. The third-order valence-corrected chi connectivity index (χ3v) is 5.53. The Labute approximate surface area is 157 Å². The number of hydrogen-bond acceptors (Lipinski definition) is 3. The molecule has 0 radical (unpaired) electrons. The monoisotopic (exact) mass is 398 g/mol. The van der Waals surface area contributed by atoms with Crippen molar-refractivity contribution in [1.82, 2.24) is 4.72 Å². The highest BCUT2D eigenvalue weighted by molar-refractivity contribution is 7.89. The average molecular weight is 399 g/mol. The SMILES string of the molecule is Cc1ccc(F)c(NC(=O)c2ccc(Cl)c(S(=O)(=O)NC(C)(C)C)c2)c1. The summed E-state index contributed by atoms with van der Waals surface area (Å²) in [4.78, 5) is 12.2. The zero-order valence-corrected chi connectivity index (χ0v) is 16.4. The van der Waals surface area contributed by atoms with Crippen LogP contribution in [0.3, 0.4) is 0 Å². The zero-order chi connectivity index (χ0) is 19.7. The minimum Gasteiger partial charge on any atom is -0.319 e. The summed E-state index contributed by atoms with van der Waals surface area (Å²) in [7, 11) is -3.93. The molecule has 0 atom stereocenters. The fraction of sp³-hybridized carbons (Fsp3) is 0.278. The molecule has 0 aliphatic rings. The molecule has 2 aromatic rings. The van der Waals surface area contributed by atoms with Crippen molar-refractivity contribution in [2.24, 2.45) is 0 Å². The number of carbonyl (C=O) groups is 1. The third-order valence-electron chi connectivity index (χ3n) is 3.29. The van der Waals surface area contributed by atoms with Crippen LogP contribution in [0, 0.1) is 12.7 Å². The van der Waals surface area contributed by atoms with Crippen molar-refractivity contribution < 1.29 is 17.6 Å². The van der Waals surface area contributed by atoms with Crippen LogP contribution < -0.4 is 10.0 Å². The van der Waals surface area contributed by atoms with Crippen LogP contribution in [-0.2, 0) is 10.0 Å². The lowest BCUT2D eigenvalue weighted by Crippen LogP contribution is -2.40. The molecule has 8 heteroatoms. The molecule has 0 unspecified atom stereocenters. The van der Waals surface area contributed by atoms with Gasteiger partial charge in [-0.3, -0.25) is 4.79 Å². The lowest BCUT2D eigenvalue weighted by molar-refractivity contribution is 0.102. The highest BCUT2D eigenvalue weighted by Gasteiger charge is 2.25. The maximum atomic E-state index is 13.8. The fourth-order valence-electron chi connectivity index (χ4n) is 2.24. The Balaban J connectivity index is 2.37. The van der Waals surface area contributed by atoms with Crippen LogP contribution in [0.1, 0.15) is 36.7 Å². The maximum absolute atomic E-state index is 13.8. The number of nitrogens with one attached hydrogen (secondary N) is 2. The number of carbonyl (C=O) groups excluding carboxylic acids is 1. The Morgan fingerprint density at radius 3 is 2.38 bits per heavy atom. The standard InChI is InChI=1S/C18H20ClFN2O3S/c1-11-5-8-14(20)15(9-11)21-17(23)12-6-7-13(19)16(10-12)26(24,25)22-18(2,3)4/h5-10,22H,1-4H3,(H,21,23). The molecule has 0 aliphatic heterocycles. The van der Waals surface area contributed by atoms with Crippen molar-refractivity contribution in [3.63, 3.8) is 0 Å². The number of anilines is 1. The number of aryl methyl sites for hydroxylation is 1. The largest absolute Gasteiger partial charge is 0.319 e. The van der Waals surface area contributed by atoms with Crippen LogP contribution in [0.25, 0.3) is 0 Å². The van der Waals surface area contributed by atoms with E-state index in [1.807, 2.05) is 0 Å². The quantitative estimate of drug-likeness (QED) is 0.813. The van der Waals surface area contributed by atoms with Gasteiger partial charge in [0.05, 0.1) is 10.7 Å². The predicted molar refractivity (Wildman–Crippen MR) is 101 cm³/mol. The summed E-state index contributed by atoms with van der Waals surface area (Å²) in [5.74, 6) is -1.22. The normalized spacial score (nSPS) is 12.1. The Morgan fingerprint density at radius 2 is 1.77 bits per heavy atom. The molecule has 2 aromatic carbocycles. The molecule has 5 nitrogen and oxygen atoms in total. The summed E-state index contributed by atoms with van der Waals surface area (Å²) in [5.41, 5.74) is 0.118. The van der Waals surface area contributed by atoms with Gasteiger partial charge in [0.15, 0.2) is 0 Å². The molecular formula is C18H20ClFN2O3S. The number of halogens is 2. The molecule has 140 valence electrons. The van der Waals surface area contributed by atoms with Gasteiger partial charge in [0.25, 0.3) is 5.91 Å². The van der Waals surface area contributed by atoms with Gasteiger partial charge in [-0.25, -0.2) is 17.5 Å². The molecule has 0 aliphatic carbocycles. The van der Waals surface area contributed by atoms with Crippen molar-refractivity contribution in [1.29, 1.82) is 0 Å². The lowest BCUT2D eigenvalue weighted by Gasteiger charge is -2.21. The Kier molecular flexibility index (Phi) is 5.75. The summed E-state index contributed by atoms with van der Waals surface area (Å²) in [5, 5.41) is 2.43. The van der Waals surface area contributed by atoms with Crippen LogP contribution in [0.4, 0.5) is 10.1 Å². The first kappa shape index (κ1) is 20.4. The minimum atomic E-state index is -3.93. The second-order valence-electron chi connectivity index (χ2n) is 6.94. The minimum absolute atomic E-state index is 0.0139. The van der Waals surface area contributed by atoms with E-state index >= 15 is 0 Å². The molecule has 2 rings (SSSR count). The summed E-state index contributed by atoms with van der Waals surface area (Å²) < 4.78 is 41.3. The van der Waals surface area contributed by atoms with Crippen molar-refractivity contribution in [3.8, 4) is 0 Å². The van der Waals surface area contributed by atoms with Gasteiger partial charge in [-0.15, -0.1) is 0 Å². The first-order valence-electron chi connectivity index (χ1n) is 7.80. The molecule has 26 heavy (non-hydrogen) atoms. The van der Waals surface area contributed by atoms with Crippen LogP contribution in [0.15, 0.2) is 41.3 Å². The van der Waals surface area contributed by atoms with E-state index in [9.17, 15) is 17.6 Å². The highest BCUT2D eigenvalue weighted by atomic mass is 35.5. The topological polar surface area (TPSA) is 75.3 Å². The first-order valence-corrected chi connectivity index (χ1v) is 9.66. The van der Waals surface area contributed by atoms with Gasteiger partial charge in [0.1, 0.15) is 10.7 Å². The van der Waals surface area contributed by atoms with Crippen LogP contribution >= 0.6 is 11.6 Å². The molecule has 0 aromatic heterocycles. The van der Waals surface area contributed by atoms with E-state index in [0.717, 1.165) is 5.56 Å². The molecule has 2 N–H and O–H groups in total. The maximum Gasteiger partial charge on any atom is 0.255 e. The van der Waals surface area contributed by atoms with Gasteiger partial charge in [-0.2, -0.15) is 0 Å². The summed E-state index contributed by atoms with van der Waals surface area (Å²) >= 11 is 6.01. The van der Waals surface area contributed by atoms with E-state index < -0.39 is 27.3 Å². The second kappa shape index (κ2) is 7.34. The third kappa shape index (κ3) is 5.03. The molecule has 0 heterocycles. The average Bonchev–Trinajstić information content (AvgIpc) is 2.48. The van der Waals surface area contributed by atoms with E-state index in [4.69, 9.17) is 11.6 Å². The van der Waals surface area contributed by atoms with Crippen molar-refractivity contribution in [2.45, 2.75) is 38.1 Å². The van der Waals surface area contributed by atoms with Crippen molar-refractivity contribution in [3.05, 3.63) is 58.4 Å². The van der Waals surface area contributed by atoms with Crippen LogP contribution in [-0.4, -0.2) is 19.9 Å². The van der Waals surface area contributed by atoms with E-state index in [0.29, 0.717) is 0 Å². The smallest absolute Gasteiger partial charge is 0.255 e. The molecule has 0 fully saturated rings. The Morgan fingerprint density at radius 1 is 1.12 bits per heavy atom. The number of benzene rings is 2. The molecule has 0 spiro atoms.